The van der Waals surface area contributed by atoms with Crippen LogP contribution in [0.1, 0.15) is 36.0 Å². The number of fused-ring (bicyclic) bond motifs is 1. The molecule has 1 fully saturated rings. The highest BCUT2D eigenvalue weighted by Crippen LogP contribution is 2.25. The van der Waals surface area contributed by atoms with Crippen LogP contribution < -0.4 is 5.73 Å². The molecule has 2 atom stereocenters. The van der Waals surface area contributed by atoms with Crippen molar-refractivity contribution in [2.45, 2.75) is 32.7 Å². The van der Waals surface area contributed by atoms with E-state index in [1.54, 1.807) is 6.07 Å². The first-order valence-corrected chi connectivity index (χ1v) is 7.46. The van der Waals surface area contributed by atoms with E-state index in [9.17, 15) is 4.79 Å². The van der Waals surface area contributed by atoms with Crippen LogP contribution in [-0.4, -0.2) is 34.9 Å². The minimum absolute atomic E-state index is 0.0759. The predicted molar refractivity (Wildman–Crippen MR) is 81.0 cm³/mol. The molecule has 0 bridgehead atoms. The molecule has 0 aliphatic carbocycles. The van der Waals surface area contributed by atoms with Crippen LogP contribution in [0.5, 0.6) is 0 Å². The molecule has 3 heterocycles. The Morgan fingerprint density at radius 1 is 1.52 bits per heavy atom. The molecule has 0 spiro atoms. The molecule has 1 aliphatic rings. The number of nitrogens with zero attached hydrogens (tertiary/aromatic N) is 2. The lowest BCUT2D eigenvalue weighted by atomic mass is 9.92. The lowest BCUT2D eigenvalue weighted by Gasteiger charge is -2.37. The molecule has 0 radical (unpaired) electrons. The Balaban J connectivity index is 1.88. The van der Waals surface area contributed by atoms with Gasteiger partial charge in [0, 0.05) is 30.9 Å². The van der Waals surface area contributed by atoms with Crippen LogP contribution in [0.4, 0.5) is 0 Å². The lowest BCUT2D eigenvalue weighted by Crippen LogP contribution is -2.49. The summed E-state index contributed by atoms with van der Waals surface area (Å²) in [7, 11) is 0. The van der Waals surface area contributed by atoms with Crippen LogP contribution in [-0.2, 0) is 0 Å². The summed E-state index contributed by atoms with van der Waals surface area (Å²) < 4.78 is 5.66. The predicted octanol–water partition coefficient (Wildman–Crippen LogP) is 2.34. The van der Waals surface area contributed by atoms with Gasteiger partial charge in [-0.05, 0) is 37.8 Å². The van der Waals surface area contributed by atoms with Gasteiger partial charge in [-0.3, -0.25) is 4.79 Å². The van der Waals surface area contributed by atoms with Crippen molar-refractivity contribution in [1.82, 2.24) is 9.88 Å². The molecule has 2 aromatic rings. The number of aryl methyl sites for hydroxylation is 1. The summed E-state index contributed by atoms with van der Waals surface area (Å²) in [5, 5.41) is 0. The van der Waals surface area contributed by atoms with Crippen molar-refractivity contribution in [2.24, 2.45) is 11.7 Å². The average Bonchev–Trinajstić information content (AvgIpc) is 2.89. The Kier molecular flexibility index (Phi) is 3.68. The van der Waals surface area contributed by atoms with Gasteiger partial charge in [0.15, 0.2) is 11.3 Å². The molecule has 1 saturated heterocycles. The molecule has 2 aromatic heterocycles. The highest BCUT2D eigenvalue weighted by molar-refractivity contribution is 5.95. The summed E-state index contributed by atoms with van der Waals surface area (Å²) in [6, 6.07) is 5.57. The number of carbonyl (C=O) groups is 1. The zero-order valence-corrected chi connectivity index (χ0v) is 12.5. The van der Waals surface area contributed by atoms with E-state index >= 15 is 0 Å². The number of aromatic nitrogens is 1. The van der Waals surface area contributed by atoms with E-state index in [4.69, 9.17) is 10.2 Å². The molecule has 5 nitrogen and oxygen atoms in total. The summed E-state index contributed by atoms with van der Waals surface area (Å²) in [6.07, 6.45) is 1.97. The number of furan rings is 1. The number of nitrogens with two attached hydrogens (primary N) is 1. The highest BCUT2D eigenvalue weighted by atomic mass is 16.3. The Labute approximate surface area is 124 Å². The number of amides is 1. The molecular formula is C16H21N3O2. The fourth-order valence-corrected chi connectivity index (χ4v) is 3.02. The molecule has 1 aliphatic heterocycles. The standard InChI is InChI=1S/C16H21N3O2/c1-10-5-6-19(12(7-10)9-17)16(20)15-8-13-14(21-15)4-3-11(2)18-13/h3-4,8,10,12H,5-7,9,17H2,1-2H3. The first-order valence-electron chi connectivity index (χ1n) is 7.46. The largest absolute Gasteiger partial charge is 0.449 e. The quantitative estimate of drug-likeness (QED) is 0.920. The van der Waals surface area contributed by atoms with Crippen molar-refractivity contribution < 1.29 is 9.21 Å². The Morgan fingerprint density at radius 2 is 2.33 bits per heavy atom. The molecule has 21 heavy (non-hydrogen) atoms. The summed E-state index contributed by atoms with van der Waals surface area (Å²) >= 11 is 0. The van der Waals surface area contributed by atoms with Crippen LogP contribution in [0.15, 0.2) is 22.6 Å². The molecule has 112 valence electrons. The average molecular weight is 287 g/mol. The molecule has 0 saturated carbocycles. The first-order chi connectivity index (χ1) is 10.1. The monoisotopic (exact) mass is 287 g/mol. The van der Waals surface area contributed by atoms with Crippen molar-refractivity contribution in [3.63, 3.8) is 0 Å². The molecule has 3 rings (SSSR count). The van der Waals surface area contributed by atoms with Gasteiger partial charge in [-0.2, -0.15) is 0 Å². The summed E-state index contributed by atoms with van der Waals surface area (Å²) in [4.78, 5) is 18.9. The third-order valence-electron chi connectivity index (χ3n) is 4.23. The molecule has 2 N–H and O–H groups in total. The second-order valence-corrected chi connectivity index (χ2v) is 5.96. The van der Waals surface area contributed by atoms with E-state index in [1.807, 2.05) is 24.0 Å². The van der Waals surface area contributed by atoms with Gasteiger partial charge in [0.25, 0.3) is 5.91 Å². The van der Waals surface area contributed by atoms with E-state index in [0.29, 0.717) is 23.8 Å². The van der Waals surface area contributed by atoms with Crippen LogP contribution >= 0.6 is 0 Å². The van der Waals surface area contributed by atoms with Crippen molar-refractivity contribution in [3.05, 3.63) is 29.7 Å². The maximum absolute atomic E-state index is 12.7. The van der Waals surface area contributed by atoms with Gasteiger partial charge < -0.3 is 15.1 Å². The first kappa shape index (κ1) is 14.1. The van der Waals surface area contributed by atoms with Crippen molar-refractivity contribution in [1.29, 1.82) is 0 Å². The van der Waals surface area contributed by atoms with E-state index in [2.05, 4.69) is 11.9 Å². The number of pyridine rings is 1. The van der Waals surface area contributed by atoms with E-state index in [1.165, 1.54) is 0 Å². The van der Waals surface area contributed by atoms with Gasteiger partial charge in [0.1, 0.15) is 5.52 Å². The van der Waals surface area contributed by atoms with Crippen LogP contribution in [0.25, 0.3) is 11.1 Å². The van der Waals surface area contributed by atoms with Crippen molar-refractivity contribution >= 4 is 17.0 Å². The fourth-order valence-electron chi connectivity index (χ4n) is 3.02. The number of hydrogen-bond acceptors (Lipinski definition) is 4. The summed E-state index contributed by atoms with van der Waals surface area (Å²) in [6.45, 7) is 5.36. The number of likely N-dealkylation sites (tertiary alicyclic amines) is 1. The smallest absolute Gasteiger partial charge is 0.289 e. The van der Waals surface area contributed by atoms with Crippen LogP contribution in [0.2, 0.25) is 0 Å². The lowest BCUT2D eigenvalue weighted by molar-refractivity contribution is 0.0544. The number of hydrogen-bond donors (Lipinski definition) is 1. The Hall–Kier alpha value is -1.88. The SMILES string of the molecule is Cc1ccc2oc(C(=O)N3CCC(C)CC3CN)cc2n1. The maximum atomic E-state index is 12.7. The molecular weight excluding hydrogens is 266 g/mol. The molecule has 1 amide bonds. The van der Waals surface area contributed by atoms with Gasteiger partial charge >= 0.3 is 0 Å². The van der Waals surface area contributed by atoms with Crippen molar-refractivity contribution in [3.8, 4) is 0 Å². The topological polar surface area (TPSA) is 72.4 Å². The Morgan fingerprint density at radius 3 is 3.10 bits per heavy atom. The molecule has 2 unspecified atom stereocenters. The molecule has 0 aromatic carbocycles. The zero-order chi connectivity index (χ0) is 15.0. The van der Waals surface area contributed by atoms with Gasteiger partial charge in [-0.1, -0.05) is 6.92 Å². The molecule has 5 heteroatoms. The van der Waals surface area contributed by atoms with E-state index < -0.39 is 0 Å². The second kappa shape index (κ2) is 5.48. The third kappa shape index (κ3) is 2.65. The Bertz CT molecular complexity index is 665. The van der Waals surface area contributed by atoms with Crippen LogP contribution in [0, 0.1) is 12.8 Å². The summed E-state index contributed by atoms with van der Waals surface area (Å²) in [5.41, 5.74) is 8.12. The zero-order valence-electron chi connectivity index (χ0n) is 12.5. The van der Waals surface area contributed by atoms with Gasteiger partial charge in [0.05, 0.1) is 0 Å². The second-order valence-electron chi connectivity index (χ2n) is 5.96. The normalized spacial score (nSPS) is 22.7. The maximum Gasteiger partial charge on any atom is 0.289 e. The number of carbonyl (C=O) groups excluding carboxylic acids is 1. The van der Waals surface area contributed by atoms with E-state index in [0.717, 1.165) is 30.6 Å². The number of rotatable bonds is 2. The summed E-state index contributed by atoms with van der Waals surface area (Å²) in [5.74, 6) is 0.895. The highest BCUT2D eigenvalue weighted by Gasteiger charge is 2.31. The minimum Gasteiger partial charge on any atom is -0.449 e. The number of piperidine rings is 1. The van der Waals surface area contributed by atoms with Crippen LogP contribution in [0.3, 0.4) is 0 Å². The fraction of sp³-hybridized carbons (Fsp3) is 0.500. The minimum atomic E-state index is -0.0759. The third-order valence-corrected chi connectivity index (χ3v) is 4.23. The van der Waals surface area contributed by atoms with Gasteiger partial charge in [0.2, 0.25) is 0 Å². The van der Waals surface area contributed by atoms with Gasteiger partial charge in [-0.15, -0.1) is 0 Å². The van der Waals surface area contributed by atoms with E-state index in [-0.39, 0.29) is 11.9 Å². The van der Waals surface area contributed by atoms with Gasteiger partial charge in [-0.25, -0.2) is 4.98 Å². The van der Waals surface area contributed by atoms with Crippen molar-refractivity contribution in [2.75, 3.05) is 13.1 Å².